The molecule has 3 aromatic carbocycles. The maximum Gasteiger partial charge on any atom is 0.257 e. The van der Waals surface area contributed by atoms with Gasteiger partial charge in [-0.05, 0) is 98.7 Å². The van der Waals surface area contributed by atoms with E-state index in [4.69, 9.17) is 50.9 Å². The highest BCUT2D eigenvalue weighted by Gasteiger charge is 2.30. The number of ether oxygens (including phenoxy) is 3. The third-order valence-corrected chi connectivity index (χ3v) is 8.76. The second-order valence-corrected chi connectivity index (χ2v) is 13.5. The quantitative estimate of drug-likeness (QED) is 0.0628. The van der Waals surface area contributed by atoms with Gasteiger partial charge < -0.3 is 30.2 Å². The Balaban J connectivity index is 1.38. The van der Waals surface area contributed by atoms with Gasteiger partial charge in [-0.25, -0.2) is 0 Å². The number of hydrogen-bond donors (Lipinski definition) is 6. The first-order chi connectivity index (χ1) is 26.2. The zero-order chi connectivity index (χ0) is 38.9. The summed E-state index contributed by atoms with van der Waals surface area (Å²) in [5.41, 5.74) is 1.20. The van der Waals surface area contributed by atoms with Gasteiger partial charge in [0, 0.05) is 61.6 Å². The fourth-order valence-electron chi connectivity index (χ4n) is 4.85. The predicted molar refractivity (Wildman–Crippen MR) is 223 cm³/mol. The normalized spacial score (nSPS) is 10.8. The fraction of sp³-hybridized carbons (Fsp3) is 0.385. The summed E-state index contributed by atoms with van der Waals surface area (Å²) in [7, 11) is 0. The van der Waals surface area contributed by atoms with E-state index < -0.39 is 5.41 Å². The number of thiocarbonyl (C=S) groups is 3. The van der Waals surface area contributed by atoms with Crippen molar-refractivity contribution in [3.63, 3.8) is 0 Å². The van der Waals surface area contributed by atoms with E-state index in [1.807, 2.05) is 18.2 Å². The van der Waals surface area contributed by atoms with E-state index in [-0.39, 0.29) is 33.1 Å². The van der Waals surface area contributed by atoms with Crippen LogP contribution in [0.5, 0.6) is 0 Å². The van der Waals surface area contributed by atoms with Crippen LogP contribution in [0.25, 0.3) is 0 Å². The molecular formula is C39H50N6O6S3. The molecule has 0 fully saturated rings. The SMILES string of the molecule is CCC(COCCCNC(=S)NC(=O)c1ccccc1)(COCCCNC(=S)NC(=O)c1ccccc1)COCCCNC(=S)NC(=O)c1ccccc1. The minimum absolute atomic E-state index is 0.260. The van der Waals surface area contributed by atoms with E-state index in [9.17, 15) is 14.4 Å². The van der Waals surface area contributed by atoms with E-state index in [2.05, 4.69) is 38.8 Å². The van der Waals surface area contributed by atoms with Crippen LogP contribution in [-0.4, -0.2) is 92.3 Å². The van der Waals surface area contributed by atoms with Crippen molar-refractivity contribution in [3.05, 3.63) is 108 Å². The number of carbonyl (C=O) groups excluding carboxylic acids is 3. The predicted octanol–water partition coefficient (Wildman–Crippen LogP) is 4.52. The van der Waals surface area contributed by atoms with Crippen molar-refractivity contribution in [2.24, 2.45) is 5.41 Å². The lowest BCUT2D eigenvalue weighted by Gasteiger charge is -2.32. The monoisotopic (exact) mass is 794 g/mol. The molecule has 0 saturated carbocycles. The third-order valence-electron chi connectivity index (χ3n) is 8.02. The van der Waals surface area contributed by atoms with Gasteiger partial charge in [0.05, 0.1) is 19.8 Å². The van der Waals surface area contributed by atoms with Gasteiger partial charge in [-0.15, -0.1) is 0 Å². The fourth-order valence-corrected chi connectivity index (χ4v) is 5.44. The molecule has 0 aliphatic rings. The number of carbonyl (C=O) groups is 3. The van der Waals surface area contributed by atoms with Crippen molar-refractivity contribution in [2.45, 2.75) is 32.6 Å². The van der Waals surface area contributed by atoms with E-state index in [1.165, 1.54) is 0 Å². The van der Waals surface area contributed by atoms with Crippen LogP contribution < -0.4 is 31.9 Å². The first kappa shape index (κ1) is 44.0. The van der Waals surface area contributed by atoms with Gasteiger partial charge >= 0.3 is 0 Å². The Morgan fingerprint density at radius 1 is 0.500 bits per heavy atom. The van der Waals surface area contributed by atoms with Crippen LogP contribution in [0.4, 0.5) is 0 Å². The Morgan fingerprint density at radius 3 is 1.04 bits per heavy atom. The van der Waals surface area contributed by atoms with Crippen molar-refractivity contribution in [3.8, 4) is 0 Å². The first-order valence-electron chi connectivity index (χ1n) is 17.9. The number of rotatable bonds is 22. The molecule has 0 aliphatic carbocycles. The van der Waals surface area contributed by atoms with E-state index in [1.54, 1.807) is 72.8 Å². The summed E-state index contributed by atoms with van der Waals surface area (Å²) in [5, 5.41) is 18.0. The number of benzene rings is 3. The second kappa shape index (κ2) is 25.6. The molecule has 0 bridgehead atoms. The Bertz CT molecular complexity index is 1430. The second-order valence-electron chi connectivity index (χ2n) is 12.3. The molecule has 0 spiro atoms. The molecule has 0 saturated heterocycles. The summed E-state index contributed by atoms with van der Waals surface area (Å²) < 4.78 is 18.4. The molecule has 3 rings (SSSR count). The van der Waals surface area contributed by atoms with Crippen LogP contribution in [-0.2, 0) is 14.2 Å². The lowest BCUT2D eigenvalue weighted by atomic mass is 9.88. The molecule has 0 radical (unpaired) electrons. The molecule has 0 heterocycles. The Kier molecular flexibility index (Phi) is 20.9. The highest BCUT2D eigenvalue weighted by Crippen LogP contribution is 2.24. The molecule has 290 valence electrons. The molecule has 0 atom stereocenters. The molecule has 0 aromatic heterocycles. The van der Waals surface area contributed by atoms with Gasteiger partial charge in [-0.2, -0.15) is 0 Å². The van der Waals surface area contributed by atoms with Crippen molar-refractivity contribution in [1.29, 1.82) is 0 Å². The van der Waals surface area contributed by atoms with E-state index in [0.29, 0.717) is 95.2 Å². The van der Waals surface area contributed by atoms with Gasteiger partial charge in [0.2, 0.25) is 0 Å². The van der Waals surface area contributed by atoms with Gasteiger partial charge in [-0.1, -0.05) is 61.5 Å². The van der Waals surface area contributed by atoms with Crippen molar-refractivity contribution >= 4 is 69.7 Å². The molecular weight excluding hydrogens is 745 g/mol. The lowest BCUT2D eigenvalue weighted by molar-refractivity contribution is -0.0719. The molecule has 54 heavy (non-hydrogen) atoms. The minimum Gasteiger partial charge on any atom is -0.381 e. The van der Waals surface area contributed by atoms with Gasteiger partial charge in [0.15, 0.2) is 15.3 Å². The zero-order valence-electron chi connectivity index (χ0n) is 30.5. The van der Waals surface area contributed by atoms with Gasteiger partial charge in [0.25, 0.3) is 17.7 Å². The summed E-state index contributed by atoms with van der Waals surface area (Å²) >= 11 is 15.8. The van der Waals surface area contributed by atoms with Crippen LogP contribution in [0.2, 0.25) is 0 Å². The highest BCUT2D eigenvalue weighted by atomic mass is 32.1. The van der Waals surface area contributed by atoms with Crippen LogP contribution in [0.3, 0.4) is 0 Å². The molecule has 6 N–H and O–H groups in total. The Hall–Kier alpha value is -4.38. The van der Waals surface area contributed by atoms with E-state index in [0.717, 1.165) is 6.42 Å². The maximum absolute atomic E-state index is 12.3. The maximum atomic E-state index is 12.3. The average molecular weight is 795 g/mol. The summed E-state index contributed by atoms with van der Waals surface area (Å²) in [6, 6.07) is 26.6. The average Bonchev–Trinajstić information content (AvgIpc) is 3.19. The number of hydrogen-bond acceptors (Lipinski definition) is 9. The lowest BCUT2D eigenvalue weighted by Crippen LogP contribution is -2.40. The first-order valence-corrected chi connectivity index (χ1v) is 19.1. The number of amides is 3. The minimum atomic E-state index is -0.398. The van der Waals surface area contributed by atoms with Crippen LogP contribution in [0, 0.1) is 5.41 Å². The van der Waals surface area contributed by atoms with Crippen molar-refractivity contribution < 1.29 is 28.6 Å². The van der Waals surface area contributed by atoms with Gasteiger partial charge in [-0.3, -0.25) is 30.3 Å². The summed E-state index contributed by atoms with van der Waals surface area (Å²) in [4.78, 5) is 37.0. The smallest absolute Gasteiger partial charge is 0.257 e. The summed E-state index contributed by atoms with van der Waals surface area (Å²) in [5.74, 6) is -0.795. The van der Waals surface area contributed by atoms with E-state index >= 15 is 0 Å². The Labute approximate surface area is 333 Å². The van der Waals surface area contributed by atoms with Crippen LogP contribution in [0.15, 0.2) is 91.0 Å². The number of nitrogens with one attached hydrogen (secondary N) is 6. The van der Waals surface area contributed by atoms with Crippen LogP contribution in [0.1, 0.15) is 63.7 Å². The largest absolute Gasteiger partial charge is 0.381 e. The zero-order valence-corrected chi connectivity index (χ0v) is 33.0. The van der Waals surface area contributed by atoms with Gasteiger partial charge in [0.1, 0.15) is 0 Å². The Morgan fingerprint density at radius 2 is 0.778 bits per heavy atom. The van der Waals surface area contributed by atoms with Crippen LogP contribution >= 0.6 is 36.7 Å². The molecule has 0 aliphatic heterocycles. The summed E-state index contributed by atoms with van der Waals surface area (Å²) in [6.07, 6.45) is 2.76. The molecule has 15 heteroatoms. The topological polar surface area (TPSA) is 151 Å². The molecule has 0 unspecified atom stereocenters. The standard InChI is InChI=1S/C39H50N6O6S3/c1-2-39(27-49-24-12-21-40-36(52)43-33(46)30-15-6-3-7-16-30,28-50-25-13-22-41-37(53)44-34(47)31-17-8-4-9-18-31)29-51-26-14-23-42-38(54)45-35(48)32-19-10-5-11-20-32/h3-11,15-20H,2,12-14,21-29H2,1H3,(H2,40,43,46,52)(H2,41,44,47,53)(H2,42,45,48,54). The molecule has 12 nitrogen and oxygen atoms in total. The third kappa shape index (κ3) is 17.6. The highest BCUT2D eigenvalue weighted by molar-refractivity contribution is 7.80. The molecule has 3 aromatic rings. The van der Waals surface area contributed by atoms with Crippen molar-refractivity contribution in [1.82, 2.24) is 31.9 Å². The molecule has 3 amide bonds. The van der Waals surface area contributed by atoms with Crippen molar-refractivity contribution in [2.75, 3.05) is 59.3 Å². The summed E-state index contributed by atoms with van der Waals surface area (Å²) in [6.45, 7) is 6.32.